The van der Waals surface area contributed by atoms with Crippen molar-refractivity contribution in [1.29, 1.82) is 0 Å². The Morgan fingerprint density at radius 2 is 2.10 bits per heavy atom. The van der Waals surface area contributed by atoms with E-state index in [1.807, 2.05) is 0 Å². The van der Waals surface area contributed by atoms with Crippen LogP contribution in [-0.4, -0.2) is 24.6 Å². The fourth-order valence-electron chi connectivity index (χ4n) is 2.04. The third-order valence-electron chi connectivity index (χ3n) is 3.14. The number of hydrogen-bond donors (Lipinski definition) is 1. The van der Waals surface area contributed by atoms with E-state index in [0.717, 1.165) is 17.4 Å². The minimum atomic E-state index is -0.333. The molecule has 0 saturated heterocycles. The maximum Gasteiger partial charge on any atom is 0.292 e. The van der Waals surface area contributed by atoms with E-state index in [1.54, 1.807) is 12.1 Å². The normalized spacial score (nSPS) is 11.4. The van der Waals surface area contributed by atoms with Gasteiger partial charge in [0, 0.05) is 23.6 Å². The lowest BCUT2D eigenvalue weighted by molar-refractivity contribution is -0.384. The van der Waals surface area contributed by atoms with Gasteiger partial charge in [-0.05, 0) is 30.5 Å². The van der Waals surface area contributed by atoms with Gasteiger partial charge in [0.1, 0.15) is 5.69 Å². The maximum atomic E-state index is 11.2. The van der Waals surface area contributed by atoms with Gasteiger partial charge in [-0.1, -0.05) is 36.7 Å². The highest BCUT2D eigenvalue weighted by Gasteiger charge is 2.25. The van der Waals surface area contributed by atoms with E-state index in [-0.39, 0.29) is 16.0 Å². The molecule has 0 fully saturated rings. The van der Waals surface area contributed by atoms with Gasteiger partial charge in [-0.3, -0.25) is 10.1 Å². The molecule has 0 bridgehead atoms. The van der Waals surface area contributed by atoms with Crippen molar-refractivity contribution < 1.29 is 4.92 Å². The van der Waals surface area contributed by atoms with Gasteiger partial charge >= 0.3 is 0 Å². The Hall–Kier alpha value is -1.14. The number of nitro benzene ring substituents is 1. The average molecular weight is 344 g/mol. The summed E-state index contributed by atoms with van der Waals surface area (Å²) in [5, 5.41) is 11.2. The van der Waals surface area contributed by atoms with E-state index in [4.69, 9.17) is 5.73 Å². The highest BCUT2D eigenvalue weighted by atomic mass is 79.9. The molecule has 0 spiro atoms. The molecule has 0 aliphatic rings. The molecule has 0 aliphatic carbocycles. The number of halogens is 1. The van der Waals surface area contributed by atoms with Crippen molar-refractivity contribution in [3.63, 3.8) is 0 Å². The summed E-state index contributed by atoms with van der Waals surface area (Å²) in [6.45, 7) is 8.19. The van der Waals surface area contributed by atoms with Crippen LogP contribution in [0.4, 0.5) is 11.4 Å². The van der Waals surface area contributed by atoms with E-state index in [1.165, 1.54) is 6.07 Å². The molecular formula is C14H22BrN3O2. The van der Waals surface area contributed by atoms with Crippen molar-refractivity contribution in [2.24, 2.45) is 11.1 Å². The molecular weight excluding hydrogens is 322 g/mol. The van der Waals surface area contributed by atoms with E-state index in [2.05, 4.69) is 41.6 Å². The Kier molecular flexibility index (Phi) is 5.95. The topological polar surface area (TPSA) is 72.4 Å². The van der Waals surface area contributed by atoms with Crippen LogP contribution in [0.15, 0.2) is 22.7 Å². The van der Waals surface area contributed by atoms with Gasteiger partial charge in [0.2, 0.25) is 0 Å². The number of rotatable bonds is 7. The minimum absolute atomic E-state index is 0.0919. The predicted octanol–water partition coefficient (Wildman–Crippen LogP) is 3.56. The Balaban J connectivity index is 3.20. The monoisotopic (exact) mass is 343 g/mol. The van der Waals surface area contributed by atoms with Crippen LogP contribution in [-0.2, 0) is 0 Å². The Labute approximate surface area is 128 Å². The molecule has 2 N–H and O–H groups in total. The maximum absolute atomic E-state index is 11.2. The van der Waals surface area contributed by atoms with Gasteiger partial charge in [0.05, 0.1) is 4.92 Å². The Morgan fingerprint density at radius 3 is 2.60 bits per heavy atom. The highest BCUT2D eigenvalue weighted by molar-refractivity contribution is 9.10. The van der Waals surface area contributed by atoms with Crippen molar-refractivity contribution in [3.05, 3.63) is 32.8 Å². The number of hydrogen-bond acceptors (Lipinski definition) is 4. The van der Waals surface area contributed by atoms with Crippen LogP contribution in [0.2, 0.25) is 0 Å². The van der Waals surface area contributed by atoms with Gasteiger partial charge in [-0.15, -0.1) is 0 Å². The first-order chi connectivity index (χ1) is 9.30. The van der Waals surface area contributed by atoms with Crippen LogP contribution in [0.25, 0.3) is 0 Å². The van der Waals surface area contributed by atoms with Crippen molar-refractivity contribution in [2.45, 2.75) is 27.2 Å². The average Bonchev–Trinajstić information content (AvgIpc) is 2.37. The van der Waals surface area contributed by atoms with Crippen molar-refractivity contribution in [3.8, 4) is 0 Å². The standard InChI is InChI=1S/C14H22BrN3O2/c1-4-7-17(10-14(2,3)9-16)13-8-11(15)5-6-12(13)18(19)20/h5-6,8H,4,7,9-10,16H2,1-3H3. The molecule has 0 unspecified atom stereocenters. The quantitative estimate of drug-likeness (QED) is 0.606. The summed E-state index contributed by atoms with van der Waals surface area (Å²) in [4.78, 5) is 12.9. The first-order valence-electron chi connectivity index (χ1n) is 6.69. The summed E-state index contributed by atoms with van der Waals surface area (Å²) in [6, 6.07) is 5.04. The van der Waals surface area contributed by atoms with E-state index < -0.39 is 0 Å². The van der Waals surface area contributed by atoms with Crippen LogP contribution in [0.5, 0.6) is 0 Å². The summed E-state index contributed by atoms with van der Waals surface area (Å²) in [6.07, 6.45) is 0.921. The molecule has 1 aromatic carbocycles. The molecule has 0 aliphatic heterocycles. The molecule has 0 atom stereocenters. The molecule has 20 heavy (non-hydrogen) atoms. The van der Waals surface area contributed by atoms with Crippen LogP contribution in [0.3, 0.4) is 0 Å². The molecule has 5 nitrogen and oxygen atoms in total. The van der Waals surface area contributed by atoms with Crippen LogP contribution in [0.1, 0.15) is 27.2 Å². The van der Waals surface area contributed by atoms with Crippen LogP contribution < -0.4 is 10.6 Å². The first-order valence-corrected chi connectivity index (χ1v) is 7.49. The summed E-state index contributed by atoms with van der Waals surface area (Å²) in [5.74, 6) is 0. The lowest BCUT2D eigenvalue weighted by atomic mass is 9.92. The molecule has 6 heteroatoms. The summed E-state index contributed by atoms with van der Waals surface area (Å²) in [7, 11) is 0. The SMILES string of the molecule is CCCN(CC(C)(C)CN)c1cc(Br)ccc1[N+](=O)[O-]. The smallest absolute Gasteiger partial charge is 0.292 e. The highest BCUT2D eigenvalue weighted by Crippen LogP contribution is 2.33. The van der Waals surface area contributed by atoms with Gasteiger partial charge in [-0.2, -0.15) is 0 Å². The third kappa shape index (κ3) is 4.45. The number of nitrogens with zero attached hydrogens (tertiary/aromatic N) is 2. The number of nitrogens with two attached hydrogens (primary N) is 1. The van der Waals surface area contributed by atoms with Gasteiger partial charge < -0.3 is 10.6 Å². The van der Waals surface area contributed by atoms with Crippen LogP contribution >= 0.6 is 15.9 Å². The molecule has 0 aromatic heterocycles. The van der Waals surface area contributed by atoms with Crippen molar-refractivity contribution in [2.75, 3.05) is 24.5 Å². The second-order valence-corrected chi connectivity index (χ2v) is 6.60. The molecule has 0 heterocycles. The predicted molar refractivity (Wildman–Crippen MR) is 86.1 cm³/mol. The van der Waals surface area contributed by atoms with E-state index >= 15 is 0 Å². The fraction of sp³-hybridized carbons (Fsp3) is 0.571. The minimum Gasteiger partial charge on any atom is -0.365 e. The molecule has 1 rings (SSSR count). The number of anilines is 1. The fourth-order valence-corrected chi connectivity index (χ4v) is 2.39. The third-order valence-corrected chi connectivity index (χ3v) is 3.63. The number of nitro groups is 1. The summed E-state index contributed by atoms with van der Waals surface area (Å²) < 4.78 is 0.838. The van der Waals surface area contributed by atoms with Gasteiger partial charge in [-0.25, -0.2) is 0 Å². The van der Waals surface area contributed by atoms with Crippen LogP contribution in [0, 0.1) is 15.5 Å². The lowest BCUT2D eigenvalue weighted by Crippen LogP contribution is -2.39. The Bertz CT molecular complexity index is 477. The molecule has 0 saturated carbocycles. The second-order valence-electron chi connectivity index (χ2n) is 5.68. The zero-order chi connectivity index (χ0) is 15.3. The largest absolute Gasteiger partial charge is 0.365 e. The molecule has 1 aromatic rings. The zero-order valence-electron chi connectivity index (χ0n) is 12.2. The molecule has 0 amide bonds. The van der Waals surface area contributed by atoms with Gasteiger partial charge in [0.25, 0.3) is 5.69 Å². The van der Waals surface area contributed by atoms with Crippen molar-refractivity contribution in [1.82, 2.24) is 0 Å². The molecule has 0 radical (unpaired) electrons. The second kappa shape index (κ2) is 7.04. The van der Waals surface area contributed by atoms with E-state index in [9.17, 15) is 10.1 Å². The van der Waals surface area contributed by atoms with Gasteiger partial charge in [0.15, 0.2) is 0 Å². The summed E-state index contributed by atoms with van der Waals surface area (Å²) in [5.41, 5.74) is 6.47. The lowest BCUT2D eigenvalue weighted by Gasteiger charge is -2.33. The molecule has 112 valence electrons. The first kappa shape index (κ1) is 16.9. The zero-order valence-corrected chi connectivity index (χ0v) is 13.8. The van der Waals surface area contributed by atoms with E-state index in [0.29, 0.717) is 18.8 Å². The Morgan fingerprint density at radius 1 is 1.45 bits per heavy atom. The summed E-state index contributed by atoms with van der Waals surface area (Å²) >= 11 is 3.39. The number of benzene rings is 1. The van der Waals surface area contributed by atoms with Crippen molar-refractivity contribution >= 4 is 27.3 Å².